The van der Waals surface area contributed by atoms with Gasteiger partial charge in [-0.3, -0.25) is 10.1 Å². The zero-order valence-corrected chi connectivity index (χ0v) is 11.6. The number of benzene rings is 2. The van der Waals surface area contributed by atoms with E-state index in [1.807, 2.05) is 6.07 Å². The summed E-state index contributed by atoms with van der Waals surface area (Å²) in [5.41, 5.74) is 1.95. The predicted octanol–water partition coefficient (Wildman–Crippen LogP) is 4.67. The zero-order chi connectivity index (χ0) is 15.2. The number of phenols is 1. The van der Waals surface area contributed by atoms with Gasteiger partial charge in [-0.1, -0.05) is 19.4 Å². The van der Waals surface area contributed by atoms with Crippen LogP contribution in [0.3, 0.4) is 0 Å². The number of azo groups is 1. The van der Waals surface area contributed by atoms with E-state index in [2.05, 4.69) is 17.2 Å². The molecule has 0 heterocycles. The van der Waals surface area contributed by atoms with Crippen LogP contribution in [0, 0.1) is 10.1 Å². The summed E-state index contributed by atoms with van der Waals surface area (Å²) in [6.07, 6.45) is 1.91. The minimum atomic E-state index is -0.471. The second kappa shape index (κ2) is 6.60. The number of nitrogens with zero attached hydrogens (tertiary/aromatic N) is 3. The molecule has 0 unspecified atom stereocenters. The van der Waals surface area contributed by atoms with Crippen LogP contribution >= 0.6 is 0 Å². The number of nitro groups is 1. The molecule has 0 bridgehead atoms. The van der Waals surface area contributed by atoms with Gasteiger partial charge in [-0.15, -0.1) is 5.11 Å². The maximum atomic E-state index is 10.6. The Morgan fingerprint density at radius 3 is 2.48 bits per heavy atom. The normalized spacial score (nSPS) is 10.9. The van der Waals surface area contributed by atoms with Crippen LogP contribution in [0.1, 0.15) is 18.9 Å². The van der Waals surface area contributed by atoms with E-state index >= 15 is 0 Å². The first-order valence-corrected chi connectivity index (χ1v) is 6.58. The highest BCUT2D eigenvalue weighted by Gasteiger charge is 2.04. The van der Waals surface area contributed by atoms with E-state index in [1.54, 1.807) is 12.1 Å². The molecule has 0 aliphatic carbocycles. The van der Waals surface area contributed by atoms with Crippen LogP contribution < -0.4 is 0 Å². The summed E-state index contributed by atoms with van der Waals surface area (Å²) in [6.45, 7) is 2.07. The topological polar surface area (TPSA) is 88.1 Å². The standard InChI is InChI=1S/C15H15N3O3/c1-2-3-11-4-9-15(19)14(10-11)17-16-12-5-7-13(8-6-12)18(20)21/h4-10,19H,2-3H2,1H3. The molecule has 6 nitrogen and oxygen atoms in total. The SMILES string of the molecule is CCCc1ccc(O)c(N=Nc2ccc([N+](=O)[O-])cc2)c1. The molecule has 2 aromatic rings. The van der Waals surface area contributed by atoms with Gasteiger partial charge >= 0.3 is 0 Å². The van der Waals surface area contributed by atoms with Crippen LogP contribution in [0.5, 0.6) is 5.75 Å². The zero-order valence-electron chi connectivity index (χ0n) is 11.6. The Morgan fingerprint density at radius 1 is 1.14 bits per heavy atom. The average molecular weight is 285 g/mol. The highest BCUT2D eigenvalue weighted by Crippen LogP contribution is 2.29. The molecule has 1 N–H and O–H groups in total. The minimum absolute atomic E-state index is 0.00161. The number of nitro benzene ring substituents is 1. The van der Waals surface area contributed by atoms with E-state index in [0.717, 1.165) is 18.4 Å². The fourth-order valence-corrected chi connectivity index (χ4v) is 1.85. The van der Waals surface area contributed by atoms with Gasteiger partial charge in [0, 0.05) is 12.1 Å². The van der Waals surface area contributed by atoms with Gasteiger partial charge in [-0.25, -0.2) is 0 Å². The second-order valence-corrected chi connectivity index (χ2v) is 4.55. The smallest absolute Gasteiger partial charge is 0.269 e. The molecule has 0 radical (unpaired) electrons. The second-order valence-electron chi connectivity index (χ2n) is 4.55. The van der Waals surface area contributed by atoms with Crippen LogP contribution in [0.4, 0.5) is 17.1 Å². The molecule has 0 atom stereocenters. The lowest BCUT2D eigenvalue weighted by Gasteiger charge is -2.02. The van der Waals surface area contributed by atoms with E-state index in [0.29, 0.717) is 11.4 Å². The van der Waals surface area contributed by atoms with Gasteiger partial charge in [0.05, 0.1) is 10.6 Å². The molecule has 0 aromatic heterocycles. The molecular formula is C15H15N3O3. The first kappa shape index (κ1) is 14.6. The number of hydrogen-bond donors (Lipinski definition) is 1. The first-order chi connectivity index (χ1) is 10.1. The quantitative estimate of drug-likeness (QED) is 0.492. The molecule has 108 valence electrons. The van der Waals surface area contributed by atoms with E-state index in [4.69, 9.17) is 0 Å². The Labute approximate surface area is 121 Å². The molecule has 0 spiro atoms. The lowest BCUT2D eigenvalue weighted by atomic mass is 10.1. The molecule has 0 aliphatic heterocycles. The van der Waals surface area contributed by atoms with Gasteiger partial charge in [0.15, 0.2) is 0 Å². The van der Waals surface area contributed by atoms with Crippen molar-refractivity contribution in [1.29, 1.82) is 0 Å². The van der Waals surface area contributed by atoms with Crippen LogP contribution in [-0.4, -0.2) is 10.0 Å². The molecule has 0 saturated heterocycles. The van der Waals surface area contributed by atoms with Crippen molar-refractivity contribution in [2.24, 2.45) is 10.2 Å². The monoisotopic (exact) mass is 285 g/mol. The van der Waals surface area contributed by atoms with E-state index in [1.165, 1.54) is 24.3 Å². The number of non-ortho nitro benzene ring substituents is 1. The molecule has 0 fully saturated rings. The molecule has 0 aliphatic rings. The van der Waals surface area contributed by atoms with Gasteiger partial charge in [-0.05, 0) is 36.2 Å². The molecule has 6 heteroatoms. The fourth-order valence-electron chi connectivity index (χ4n) is 1.85. The van der Waals surface area contributed by atoms with E-state index in [-0.39, 0.29) is 11.4 Å². The molecule has 2 aromatic carbocycles. The summed E-state index contributed by atoms with van der Waals surface area (Å²) in [6, 6.07) is 11.0. The highest BCUT2D eigenvalue weighted by atomic mass is 16.6. The fraction of sp³-hybridized carbons (Fsp3) is 0.200. The van der Waals surface area contributed by atoms with Crippen molar-refractivity contribution in [3.63, 3.8) is 0 Å². The van der Waals surface area contributed by atoms with Crippen LogP contribution in [0.25, 0.3) is 0 Å². The summed E-state index contributed by atoms with van der Waals surface area (Å²) in [4.78, 5) is 10.1. The van der Waals surface area contributed by atoms with Gasteiger partial charge in [0.2, 0.25) is 0 Å². The summed E-state index contributed by atoms with van der Waals surface area (Å²) in [5.74, 6) is 0.0560. The summed E-state index contributed by atoms with van der Waals surface area (Å²) >= 11 is 0. The lowest BCUT2D eigenvalue weighted by Crippen LogP contribution is -1.85. The summed E-state index contributed by atoms with van der Waals surface area (Å²) in [7, 11) is 0. The van der Waals surface area contributed by atoms with Crippen LogP contribution in [0.15, 0.2) is 52.7 Å². The lowest BCUT2D eigenvalue weighted by molar-refractivity contribution is -0.384. The van der Waals surface area contributed by atoms with Crippen molar-refractivity contribution in [3.8, 4) is 5.75 Å². The van der Waals surface area contributed by atoms with Gasteiger partial charge < -0.3 is 5.11 Å². The average Bonchev–Trinajstić information content (AvgIpc) is 2.48. The largest absolute Gasteiger partial charge is 0.506 e. The Kier molecular flexibility index (Phi) is 4.61. The third-order valence-electron chi connectivity index (χ3n) is 2.91. The maximum Gasteiger partial charge on any atom is 0.269 e. The van der Waals surface area contributed by atoms with Gasteiger partial charge in [0.1, 0.15) is 11.4 Å². The van der Waals surface area contributed by atoms with Crippen molar-refractivity contribution in [1.82, 2.24) is 0 Å². The van der Waals surface area contributed by atoms with Crippen molar-refractivity contribution in [2.75, 3.05) is 0 Å². The molecule has 0 saturated carbocycles. The van der Waals surface area contributed by atoms with Crippen LogP contribution in [-0.2, 0) is 6.42 Å². The number of rotatable bonds is 5. The Hall–Kier alpha value is -2.76. The third kappa shape index (κ3) is 3.85. The molecular weight excluding hydrogens is 270 g/mol. The van der Waals surface area contributed by atoms with E-state index < -0.39 is 4.92 Å². The molecule has 2 rings (SSSR count). The minimum Gasteiger partial charge on any atom is -0.506 e. The first-order valence-electron chi connectivity index (χ1n) is 6.58. The van der Waals surface area contributed by atoms with Crippen molar-refractivity contribution in [3.05, 3.63) is 58.1 Å². The summed E-state index contributed by atoms with van der Waals surface area (Å²) < 4.78 is 0. The number of hydrogen-bond acceptors (Lipinski definition) is 5. The van der Waals surface area contributed by atoms with Crippen molar-refractivity contribution in [2.45, 2.75) is 19.8 Å². The highest BCUT2D eigenvalue weighted by molar-refractivity contribution is 5.53. The van der Waals surface area contributed by atoms with Gasteiger partial charge in [0.25, 0.3) is 5.69 Å². The molecule has 21 heavy (non-hydrogen) atoms. The number of aryl methyl sites for hydroxylation is 1. The third-order valence-corrected chi connectivity index (χ3v) is 2.91. The van der Waals surface area contributed by atoms with Gasteiger partial charge in [-0.2, -0.15) is 5.11 Å². The Balaban J connectivity index is 2.20. The predicted molar refractivity (Wildman–Crippen MR) is 79.4 cm³/mol. The summed E-state index contributed by atoms with van der Waals surface area (Å²) in [5, 5.41) is 28.3. The van der Waals surface area contributed by atoms with E-state index in [9.17, 15) is 15.2 Å². The van der Waals surface area contributed by atoms with Crippen molar-refractivity contribution >= 4 is 17.1 Å². The van der Waals surface area contributed by atoms with Crippen LogP contribution in [0.2, 0.25) is 0 Å². The Morgan fingerprint density at radius 2 is 1.86 bits per heavy atom. The number of phenolic OH excluding ortho intramolecular Hbond substituents is 1. The molecule has 0 amide bonds. The van der Waals surface area contributed by atoms with Crippen molar-refractivity contribution < 1.29 is 10.0 Å². The number of aromatic hydroxyl groups is 1. The Bertz CT molecular complexity index is 666. The maximum absolute atomic E-state index is 10.6.